The number of carbonyl (C=O) groups excluding carboxylic acids is 1. The molecule has 0 radical (unpaired) electrons. The third-order valence-corrected chi connectivity index (χ3v) is 4.16. The summed E-state index contributed by atoms with van der Waals surface area (Å²) >= 11 is 0. The molecule has 4 heterocycles. The lowest BCUT2D eigenvalue weighted by Gasteiger charge is -2.20. The molecule has 0 aliphatic carbocycles. The summed E-state index contributed by atoms with van der Waals surface area (Å²) in [5.74, 6) is 0.607. The van der Waals surface area contributed by atoms with Crippen LogP contribution in [0.5, 0.6) is 0 Å². The fourth-order valence-corrected chi connectivity index (χ4v) is 3.10. The highest BCUT2D eigenvalue weighted by atomic mass is 16.1. The molecule has 3 aromatic heterocycles. The maximum Gasteiger partial charge on any atom is 0.234 e. The second kappa shape index (κ2) is 5.73. The van der Waals surface area contributed by atoms with E-state index in [1.165, 1.54) is 0 Å². The first-order valence-electron chi connectivity index (χ1n) is 7.62. The Morgan fingerprint density at radius 2 is 2.42 bits per heavy atom. The topological polar surface area (TPSA) is 123 Å². The van der Waals surface area contributed by atoms with Crippen molar-refractivity contribution < 1.29 is 4.79 Å². The first-order chi connectivity index (χ1) is 11.8. The molecule has 1 aliphatic rings. The number of nitrogens with one attached hydrogen (secondary N) is 2. The van der Waals surface area contributed by atoms with Crippen molar-refractivity contribution in [2.45, 2.75) is 18.9 Å². The lowest BCUT2D eigenvalue weighted by molar-refractivity contribution is -0.120. The Bertz CT molecular complexity index is 959. The number of nitrogens with zero attached hydrogens (tertiary/aromatic N) is 6. The van der Waals surface area contributed by atoms with Gasteiger partial charge in [0.15, 0.2) is 5.65 Å². The van der Waals surface area contributed by atoms with Crippen molar-refractivity contribution in [1.82, 2.24) is 30.7 Å². The number of aromatic amines is 1. The number of nitriles is 1. The van der Waals surface area contributed by atoms with Crippen molar-refractivity contribution in [3.05, 3.63) is 18.5 Å². The molecule has 1 atom stereocenters. The summed E-state index contributed by atoms with van der Waals surface area (Å²) in [4.78, 5) is 17.9. The average molecular weight is 322 g/mol. The first kappa shape index (κ1) is 14.3. The fourth-order valence-electron chi connectivity index (χ4n) is 3.10. The van der Waals surface area contributed by atoms with Gasteiger partial charge >= 0.3 is 0 Å². The molecule has 0 aromatic carbocycles. The predicted molar refractivity (Wildman–Crippen MR) is 86.0 cm³/mol. The van der Waals surface area contributed by atoms with E-state index in [4.69, 9.17) is 5.26 Å². The van der Waals surface area contributed by atoms with Crippen LogP contribution in [0.15, 0.2) is 18.5 Å². The predicted octanol–water partition coefficient (Wildman–Crippen LogP) is 0.510. The summed E-state index contributed by atoms with van der Waals surface area (Å²) in [5.41, 5.74) is 1.29. The van der Waals surface area contributed by atoms with Gasteiger partial charge in [0.25, 0.3) is 0 Å². The van der Waals surface area contributed by atoms with Crippen LogP contribution in [0.1, 0.15) is 12.8 Å². The molecule has 3 aromatic rings. The maximum absolute atomic E-state index is 11.6. The quantitative estimate of drug-likeness (QED) is 0.720. The molecule has 9 heteroatoms. The number of anilines is 1. The molecule has 4 rings (SSSR count). The Morgan fingerprint density at radius 3 is 3.29 bits per heavy atom. The second-order valence-corrected chi connectivity index (χ2v) is 5.69. The van der Waals surface area contributed by atoms with E-state index in [1.54, 1.807) is 12.4 Å². The fraction of sp³-hybridized carbons (Fsp3) is 0.333. The molecule has 1 aliphatic heterocycles. The third kappa shape index (κ3) is 2.38. The minimum absolute atomic E-state index is 0.0116. The van der Waals surface area contributed by atoms with Gasteiger partial charge in [0, 0.05) is 30.7 Å². The monoisotopic (exact) mass is 322 g/mol. The molecule has 9 nitrogen and oxygen atoms in total. The average Bonchev–Trinajstić information content (AvgIpc) is 3.23. The Hall–Kier alpha value is -3.28. The molecule has 2 N–H and O–H groups in total. The normalized spacial score (nSPS) is 17.3. The van der Waals surface area contributed by atoms with Crippen LogP contribution < -0.4 is 10.2 Å². The van der Waals surface area contributed by atoms with E-state index in [2.05, 4.69) is 35.6 Å². The minimum Gasteiger partial charge on any atom is -0.354 e. The van der Waals surface area contributed by atoms with Crippen LogP contribution in [-0.2, 0) is 4.79 Å². The molecule has 24 heavy (non-hydrogen) atoms. The highest BCUT2D eigenvalue weighted by Crippen LogP contribution is 2.30. The van der Waals surface area contributed by atoms with Gasteiger partial charge in [0.1, 0.15) is 17.8 Å². The van der Waals surface area contributed by atoms with Gasteiger partial charge < -0.3 is 10.2 Å². The number of rotatable bonds is 3. The largest absolute Gasteiger partial charge is 0.354 e. The van der Waals surface area contributed by atoms with Crippen LogP contribution in [0.2, 0.25) is 0 Å². The van der Waals surface area contributed by atoms with Gasteiger partial charge in [0.05, 0.1) is 17.7 Å². The highest BCUT2D eigenvalue weighted by Gasteiger charge is 2.26. The summed E-state index contributed by atoms with van der Waals surface area (Å²) in [6.07, 6.45) is 4.04. The third-order valence-electron chi connectivity index (χ3n) is 4.16. The summed E-state index contributed by atoms with van der Waals surface area (Å²) < 4.78 is 0. The van der Waals surface area contributed by atoms with Crippen LogP contribution in [0.4, 0.5) is 5.82 Å². The van der Waals surface area contributed by atoms with E-state index < -0.39 is 0 Å². The molecule has 120 valence electrons. The molecule has 1 saturated heterocycles. The molecular weight excluding hydrogens is 308 g/mol. The Morgan fingerprint density at radius 1 is 1.50 bits per heavy atom. The SMILES string of the molecule is N#CCC(=O)NC1CCN(c2[nH]ncc3nnc4nccc4c23)C1. The molecule has 1 unspecified atom stereocenters. The number of fused-ring (bicyclic) bond motifs is 3. The molecule has 0 spiro atoms. The lowest BCUT2D eigenvalue weighted by atomic mass is 10.2. The van der Waals surface area contributed by atoms with Gasteiger partial charge in [-0.05, 0) is 12.5 Å². The van der Waals surface area contributed by atoms with Crippen molar-refractivity contribution in [2.24, 2.45) is 0 Å². The Balaban J connectivity index is 1.67. The minimum atomic E-state index is -0.238. The van der Waals surface area contributed by atoms with Crippen LogP contribution in [-0.4, -0.2) is 50.4 Å². The van der Waals surface area contributed by atoms with Gasteiger partial charge in [-0.15, -0.1) is 10.2 Å². The Kier molecular flexibility index (Phi) is 3.42. The first-order valence-corrected chi connectivity index (χ1v) is 7.62. The zero-order valence-electron chi connectivity index (χ0n) is 12.7. The molecule has 1 amide bonds. The summed E-state index contributed by atoms with van der Waals surface area (Å²) in [6.45, 7) is 1.42. The van der Waals surface area contributed by atoms with Crippen molar-refractivity contribution in [2.75, 3.05) is 18.0 Å². The molecule has 1 fully saturated rings. The van der Waals surface area contributed by atoms with E-state index in [0.29, 0.717) is 17.7 Å². The van der Waals surface area contributed by atoms with E-state index in [-0.39, 0.29) is 18.4 Å². The van der Waals surface area contributed by atoms with E-state index in [9.17, 15) is 4.79 Å². The highest BCUT2D eigenvalue weighted by molar-refractivity contribution is 6.08. The van der Waals surface area contributed by atoms with Gasteiger partial charge in [-0.2, -0.15) is 10.4 Å². The van der Waals surface area contributed by atoms with Crippen molar-refractivity contribution >= 4 is 33.7 Å². The molecule has 0 bridgehead atoms. The van der Waals surface area contributed by atoms with Gasteiger partial charge in [-0.1, -0.05) is 0 Å². The van der Waals surface area contributed by atoms with E-state index >= 15 is 0 Å². The Labute approximate surface area is 136 Å². The number of hydrogen-bond acceptors (Lipinski definition) is 7. The zero-order chi connectivity index (χ0) is 16.5. The number of amides is 1. The maximum atomic E-state index is 11.6. The van der Waals surface area contributed by atoms with Crippen molar-refractivity contribution in [1.29, 1.82) is 5.26 Å². The zero-order valence-corrected chi connectivity index (χ0v) is 12.7. The number of H-pyrrole nitrogens is 1. The van der Waals surface area contributed by atoms with E-state index in [1.807, 2.05) is 12.1 Å². The van der Waals surface area contributed by atoms with Gasteiger partial charge in [-0.25, -0.2) is 4.98 Å². The van der Waals surface area contributed by atoms with Gasteiger partial charge in [-0.3, -0.25) is 9.89 Å². The number of carbonyl (C=O) groups is 1. The number of hydrogen-bond donors (Lipinski definition) is 2. The summed E-state index contributed by atoms with van der Waals surface area (Å²) in [5, 5.41) is 28.8. The van der Waals surface area contributed by atoms with Crippen molar-refractivity contribution in [3.8, 4) is 6.07 Å². The summed E-state index contributed by atoms with van der Waals surface area (Å²) in [6, 6.07) is 3.78. The van der Waals surface area contributed by atoms with Crippen molar-refractivity contribution in [3.63, 3.8) is 0 Å². The van der Waals surface area contributed by atoms with Gasteiger partial charge in [0.2, 0.25) is 5.91 Å². The second-order valence-electron chi connectivity index (χ2n) is 5.69. The van der Waals surface area contributed by atoms with Crippen LogP contribution >= 0.6 is 0 Å². The molecular formula is C15H14N8O. The smallest absolute Gasteiger partial charge is 0.234 e. The standard InChI is InChI=1S/C15H14N8O/c16-4-1-12(24)19-9-3-6-23(8-9)15-13-10-2-5-17-14(10)21-20-11(13)7-18-22-15/h2,5,7,9,22H,1,3,6,8H2,(H,19,24). The lowest BCUT2D eigenvalue weighted by Crippen LogP contribution is -2.37. The van der Waals surface area contributed by atoms with E-state index in [0.717, 1.165) is 29.6 Å². The molecule has 0 saturated carbocycles. The number of aromatic nitrogens is 5. The van der Waals surface area contributed by atoms with Crippen LogP contribution in [0.3, 0.4) is 0 Å². The van der Waals surface area contributed by atoms with Crippen LogP contribution in [0.25, 0.3) is 21.9 Å². The summed E-state index contributed by atoms with van der Waals surface area (Å²) in [7, 11) is 0. The van der Waals surface area contributed by atoms with Crippen LogP contribution in [0, 0.1) is 11.3 Å².